The van der Waals surface area contributed by atoms with Crippen LogP contribution in [0, 0.1) is 5.92 Å². The van der Waals surface area contributed by atoms with Crippen molar-refractivity contribution in [3.63, 3.8) is 0 Å². The van der Waals surface area contributed by atoms with Crippen LogP contribution in [0.25, 0.3) is 0 Å². The van der Waals surface area contributed by atoms with E-state index in [-0.39, 0.29) is 5.91 Å². The van der Waals surface area contributed by atoms with Crippen LogP contribution in [0.3, 0.4) is 0 Å². The number of amides is 1. The van der Waals surface area contributed by atoms with Gasteiger partial charge in [-0.1, -0.05) is 30.3 Å². The summed E-state index contributed by atoms with van der Waals surface area (Å²) in [5.41, 5.74) is 1.30. The number of carbonyl (C=O) groups is 1. The zero-order valence-corrected chi connectivity index (χ0v) is 7.44. The Morgan fingerprint density at radius 1 is 1.31 bits per heavy atom. The fourth-order valence-electron chi connectivity index (χ4n) is 1.69. The molecule has 2 nitrogen and oxygen atoms in total. The van der Waals surface area contributed by atoms with Crippen LogP contribution >= 0.6 is 0 Å². The molecule has 0 saturated carbocycles. The van der Waals surface area contributed by atoms with E-state index in [1.165, 1.54) is 5.56 Å². The van der Waals surface area contributed by atoms with Crippen LogP contribution < -0.4 is 5.32 Å². The van der Waals surface area contributed by atoms with Crippen molar-refractivity contribution in [2.75, 3.05) is 6.54 Å². The second kappa shape index (κ2) is 3.60. The molecule has 2 heteroatoms. The number of carbonyl (C=O) groups excluding carboxylic acids is 1. The van der Waals surface area contributed by atoms with Gasteiger partial charge in [0.25, 0.3) is 0 Å². The Morgan fingerprint density at radius 2 is 2.08 bits per heavy atom. The molecule has 1 heterocycles. The van der Waals surface area contributed by atoms with Crippen LogP contribution in [0.1, 0.15) is 12.0 Å². The summed E-state index contributed by atoms with van der Waals surface area (Å²) in [7, 11) is 0. The van der Waals surface area contributed by atoms with Crippen LogP contribution in [-0.4, -0.2) is 12.5 Å². The molecule has 0 spiro atoms. The van der Waals surface area contributed by atoms with Crippen molar-refractivity contribution < 1.29 is 4.79 Å². The lowest BCUT2D eigenvalue weighted by Gasteiger charge is -2.05. The fourth-order valence-corrected chi connectivity index (χ4v) is 1.69. The van der Waals surface area contributed by atoms with E-state index in [9.17, 15) is 4.79 Å². The van der Waals surface area contributed by atoms with Gasteiger partial charge in [0.05, 0.1) is 0 Å². The summed E-state index contributed by atoms with van der Waals surface area (Å²) in [5.74, 6) is 0.510. The highest BCUT2D eigenvalue weighted by Crippen LogP contribution is 2.16. The van der Waals surface area contributed by atoms with E-state index in [4.69, 9.17) is 0 Å². The molecular weight excluding hydrogens is 162 g/mol. The smallest absolute Gasteiger partial charge is 0.241 e. The van der Waals surface area contributed by atoms with Gasteiger partial charge in [-0.25, -0.2) is 0 Å². The van der Waals surface area contributed by atoms with Crippen molar-refractivity contribution >= 4 is 5.91 Å². The Labute approximate surface area is 78.0 Å². The molecule has 67 valence electrons. The van der Waals surface area contributed by atoms with Gasteiger partial charge < -0.3 is 0 Å². The standard InChI is InChI=1S/C11H12NO/c13-11-7-10(8-12-11)6-9-4-2-1-3-5-9/h1-5,10H,6-8H2/t10-/m0/s1. The molecule has 1 radical (unpaired) electrons. The first-order valence-corrected chi connectivity index (χ1v) is 4.59. The molecule has 0 aromatic heterocycles. The van der Waals surface area contributed by atoms with Crippen molar-refractivity contribution in [2.45, 2.75) is 12.8 Å². The first-order valence-electron chi connectivity index (χ1n) is 4.59. The van der Waals surface area contributed by atoms with Gasteiger partial charge in [0.15, 0.2) is 0 Å². The molecular formula is C11H12NO. The predicted molar refractivity (Wildman–Crippen MR) is 50.3 cm³/mol. The zero-order chi connectivity index (χ0) is 9.10. The van der Waals surface area contributed by atoms with Gasteiger partial charge in [-0.2, -0.15) is 0 Å². The molecule has 0 bridgehead atoms. The van der Waals surface area contributed by atoms with Crippen molar-refractivity contribution in [2.24, 2.45) is 5.92 Å². The van der Waals surface area contributed by atoms with E-state index in [1.54, 1.807) is 0 Å². The van der Waals surface area contributed by atoms with Gasteiger partial charge in [-0.15, -0.1) is 0 Å². The minimum Gasteiger partial charge on any atom is -0.273 e. The van der Waals surface area contributed by atoms with E-state index >= 15 is 0 Å². The average molecular weight is 174 g/mol. The summed E-state index contributed by atoms with van der Waals surface area (Å²) >= 11 is 0. The molecule has 1 atom stereocenters. The molecule has 0 N–H and O–H groups in total. The molecule has 1 aliphatic rings. The maximum Gasteiger partial charge on any atom is 0.241 e. The molecule has 0 aliphatic carbocycles. The van der Waals surface area contributed by atoms with Crippen molar-refractivity contribution in [3.8, 4) is 0 Å². The SMILES string of the molecule is O=C1C[C@H](Cc2ccccc2)C[N]1. The summed E-state index contributed by atoms with van der Waals surface area (Å²) < 4.78 is 0. The van der Waals surface area contributed by atoms with Crippen LogP contribution in [0.4, 0.5) is 0 Å². The topological polar surface area (TPSA) is 31.2 Å². The third-order valence-corrected chi connectivity index (χ3v) is 2.36. The van der Waals surface area contributed by atoms with Gasteiger partial charge in [0.1, 0.15) is 0 Å². The Morgan fingerprint density at radius 3 is 2.69 bits per heavy atom. The van der Waals surface area contributed by atoms with Crippen LogP contribution in [-0.2, 0) is 11.2 Å². The van der Waals surface area contributed by atoms with Gasteiger partial charge in [0, 0.05) is 13.0 Å². The maximum absolute atomic E-state index is 10.9. The molecule has 1 saturated heterocycles. The third-order valence-electron chi connectivity index (χ3n) is 2.36. The normalized spacial score (nSPS) is 21.5. The zero-order valence-electron chi connectivity index (χ0n) is 7.44. The van der Waals surface area contributed by atoms with E-state index < -0.39 is 0 Å². The van der Waals surface area contributed by atoms with Gasteiger partial charge in [-0.3, -0.25) is 10.1 Å². The largest absolute Gasteiger partial charge is 0.273 e. The number of rotatable bonds is 2. The Bertz CT molecular complexity index is 294. The van der Waals surface area contributed by atoms with Gasteiger partial charge >= 0.3 is 0 Å². The highest BCUT2D eigenvalue weighted by molar-refractivity contribution is 5.78. The lowest BCUT2D eigenvalue weighted by atomic mass is 9.99. The summed E-state index contributed by atoms with van der Waals surface area (Å²) in [5, 5.41) is 3.87. The second-order valence-electron chi connectivity index (χ2n) is 3.49. The van der Waals surface area contributed by atoms with E-state index in [0.29, 0.717) is 18.9 Å². The average Bonchev–Trinajstić information content (AvgIpc) is 2.53. The Balaban J connectivity index is 1.96. The van der Waals surface area contributed by atoms with Crippen molar-refractivity contribution in [1.82, 2.24) is 5.32 Å². The van der Waals surface area contributed by atoms with Gasteiger partial charge in [-0.05, 0) is 17.9 Å². The molecule has 1 amide bonds. The maximum atomic E-state index is 10.9. The van der Waals surface area contributed by atoms with Crippen molar-refractivity contribution in [3.05, 3.63) is 35.9 Å². The number of hydrogen-bond acceptors (Lipinski definition) is 1. The summed E-state index contributed by atoms with van der Waals surface area (Å²) in [6.45, 7) is 0.716. The Kier molecular flexibility index (Phi) is 2.30. The molecule has 13 heavy (non-hydrogen) atoms. The third kappa shape index (κ3) is 2.08. The van der Waals surface area contributed by atoms with Crippen molar-refractivity contribution in [1.29, 1.82) is 0 Å². The number of benzene rings is 1. The summed E-state index contributed by atoms with van der Waals surface area (Å²) in [6.07, 6.45) is 1.62. The minimum absolute atomic E-state index is 0.0703. The van der Waals surface area contributed by atoms with Crippen LogP contribution in [0.5, 0.6) is 0 Å². The lowest BCUT2D eigenvalue weighted by molar-refractivity contribution is -0.119. The van der Waals surface area contributed by atoms with Gasteiger partial charge in [0.2, 0.25) is 5.91 Å². The highest BCUT2D eigenvalue weighted by Gasteiger charge is 2.22. The molecule has 1 aromatic carbocycles. The molecule has 1 fully saturated rings. The lowest BCUT2D eigenvalue weighted by Crippen LogP contribution is -2.06. The van der Waals surface area contributed by atoms with E-state index in [0.717, 1.165) is 6.42 Å². The van der Waals surface area contributed by atoms with Crippen LogP contribution in [0.15, 0.2) is 30.3 Å². The van der Waals surface area contributed by atoms with Crippen LogP contribution in [0.2, 0.25) is 0 Å². The summed E-state index contributed by atoms with van der Waals surface area (Å²) in [4.78, 5) is 10.9. The minimum atomic E-state index is 0.0703. The second-order valence-corrected chi connectivity index (χ2v) is 3.49. The monoisotopic (exact) mass is 174 g/mol. The quantitative estimate of drug-likeness (QED) is 0.666. The number of hydrogen-bond donors (Lipinski definition) is 0. The number of nitrogens with zero attached hydrogens (tertiary/aromatic N) is 1. The first-order chi connectivity index (χ1) is 6.34. The van der Waals surface area contributed by atoms with E-state index in [2.05, 4.69) is 17.4 Å². The predicted octanol–water partition coefficient (Wildman–Crippen LogP) is 1.38. The molecule has 2 rings (SSSR count). The highest BCUT2D eigenvalue weighted by atomic mass is 16.1. The van der Waals surface area contributed by atoms with E-state index in [1.807, 2.05) is 18.2 Å². The Hall–Kier alpha value is -1.31. The first kappa shape index (κ1) is 8.30. The fraction of sp³-hybridized carbons (Fsp3) is 0.364. The molecule has 1 aliphatic heterocycles. The molecule has 0 unspecified atom stereocenters. The molecule has 1 aromatic rings. The summed E-state index contributed by atoms with van der Waals surface area (Å²) in [6, 6.07) is 10.3.